The van der Waals surface area contributed by atoms with Gasteiger partial charge in [-0.3, -0.25) is 4.79 Å². The molecule has 0 fully saturated rings. The van der Waals surface area contributed by atoms with Gasteiger partial charge in [-0.15, -0.1) is 0 Å². The Hall–Kier alpha value is -1.40. The van der Waals surface area contributed by atoms with Crippen LogP contribution in [0.1, 0.15) is 11.6 Å². The van der Waals surface area contributed by atoms with E-state index in [4.69, 9.17) is 5.73 Å². The van der Waals surface area contributed by atoms with Crippen molar-refractivity contribution in [2.75, 3.05) is 13.4 Å². The highest BCUT2D eigenvalue weighted by Gasteiger charge is 2.16. The van der Waals surface area contributed by atoms with Gasteiger partial charge in [0.15, 0.2) is 9.84 Å². The number of esters is 1. The molecule has 0 aliphatic heterocycles. The number of carbonyl (C=O) groups is 1. The lowest BCUT2D eigenvalue weighted by Crippen LogP contribution is -2.22. The molecule has 88 valence electrons. The molecular formula is C10H13NO4S. The number of rotatable bonds is 3. The Morgan fingerprint density at radius 3 is 2.19 bits per heavy atom. The molecule has 1 aromatic carbocycles. The molecule has 1 aromatic rings. The SMILES string of the molecule is COC(=O)C(N)c1ccc(S(C)(=O)=O)cc1. The van der Waals surface area contributed by atoms with E-state index in [-0.39, 0.29) is 4.90 Å². The van der Waals surface area contributed by atoms with Gasteiger partial charge in [-0.1, -0.05) is 12.1 Å². The van der Waals surface area contributed by atoms with Crippen LogP contribution in [0.3, 0.4) is 0 Å². The average Bonchev–Trinajstić information content (AvgIpc) is 2.26. The fourth-order valence-electron chi connectivity index (χ4n) is 1.19. The Morgan fingerprint density at radius 1 is 1.31 bits per heavy atom. The number of methoxy groups -OCH3 is 1. The van der Waals surface area contributed by atoms with E-state index in [2.05, 4.69) is 4.74 Å². The molecule has 0 aromatic heterocycles. The van der Waals surface area contributed by atoms with Gasteiger partial charge < -0.3 is 10.5 Å². The number of nitrogens with two attached hydrogens (primary N) is 1. The lowest BCUT2D eigenvalue weighted by atomic mass is 10.1. The van der Waals surface area contributed by atoms with E-state index in [9.17, 15) is 13.2 Å². The van der Waals surface area contributed by atoms with E-state index in [0.717, 1.165) is 6.26 Å². The molecule has 1 rings (SSSR count). The minimum absolute atomic E-state index is 0.188. The van der Waals surface area contributed by atoms with Crippen LogP contribution in [-0.4, -0.2) is 27.8 Å². The Morgan fingerprint density at radius 2 is 1.81 bits per heavy atom. The van der Waals surface area contributed by atoms with Crippen LogP contribution < -0.4 is 5.73 Å². The van der Waals surface area contributed by atoms with Crippen LogP contribution in [0.4, 0.5) is 0 Å². The number of sulfone groups is 1. The van der Waals surface area contributed by atoms with Crippen LogP contribution in [-0.2, 0) is 19.4 Å². The highest BCUT2D eigenvalue weighted by atomic mass is 32.2. The normalized spacial score (nSPS) is 13.2. The number of hydrogen-bond acceptors (Lipinski definition) is 5. The van der Waals surface area contributed by atoms with E-state index < -0.39 is 21.8 Å². The molecule has 16 heavy (non-hydrogen) atoms. The van der Waals surface area contributed by atoms with Crippen LogP contribution in [0.25, 0.3) is 0 Å². The Kier molecular flexibility index (Phi) is 3.66. The van der Waals surface area contributed by atoms with Crippen molar-refractivity contribution in [2.45, 2.75) is 10.9 Å². The molecule has 2 N–H and O–H groups in total. The molecule has 0 heterocycles. The first-order valence-corrected chi connectivity index (χ1v) is 6.39. The minimum atomic E-state index is -3.23. The average molecular weight is 243 g/mol. The highest BCUT2D eigenvalue weighted by molar-refractivity contribution is 7.90. The second-order valence-electron chi connectivity index (χ2n) is 3.34. The molecule has 0 amide bonds. The van der Waals surface area contributed by atoms with E-state index in [0.29, 0.717) is 5.56 Å². The van der Waals surface area contributed by atoms with Crippen LogP contribution in [0, 0.1) is 0 Å². The van der Waals surface area contributed by atoms with Crippen LogP contribution >= 0.6 is 0 Å². The molecule has 0 radical (unpaired) electrons. The molecule has 6 heteroatoms. The first-order chi connectivity index (χ1) is 7.36. The largest absolute Gasteiger partial charge is 0.468 e. The molecule has 0 saturated carbocycles. The summed E-state index contributed by atoms with van der Waals surface area (Å²) in [7, 11) is -1.98. The number of hydrogen-bond donors (Lipinski definition) is 1. The minimum Gasteiger partial charge on any atom is -0.468 e. The topological polar surface area (TPSA) is 86.5 Å². The fraction of sp³-hybridized carbons (Fsp3) is 0.300. The van der Waals surface area contributed by atoms with Crippen molar-refractivity contribution in [1.82, 2.24) is 0 Å². The van der Waals surface area contributed by atoms with Crippen LogP contribution in [0.15, 0.2) is 29.2 Å². The molecule has 0 spiro atoms. The summed E-state index contributed by atoms with van der Waals surface area (Å²) in [6.45, 7) is 0. The lowest BCUT2D eigenvalue weighted by Gasteiger charge is -2.09. The molecule has 1 unspecified atom stereocenters. The molecule has 1 atom stereocenters. The van der Waals surface area contributed by atoms with Crippen molar-refractivity contribution in [3.8, 4) is 0 Å². The molecular weight excluding hydrogens is 230 g/mol. The van der Waals surface area contributed by atoms with Crippen molar-refractivity contribution in [1.29, 1.82) is 0 Å². The van der Waals surface area contributed by atoms with E-state index in [1.165, 1.54) is 31.4 Å². The first kappa shape index (κ1) is 12.7. The third kappa shape index (κ3) is 2.80. The van der Waals surface area contributed by atoms with Gasteiger partial charge in [-0.05, 0) is 17.7 Å². The summed E-state index contributed by atoms with van der Waals surface area (Å²) < 4.78 is 26.8. The maximum absolute atomic E-state index is 11.2. The quantitative estimate of drug-likeness (QED) is 0.770. The smallest absolute Gasteiger partial charge is 0.327 e. The van der Waals surface area contributed by atoms with Gasteiger partial charge in [0.25, 0.3) is 0 Å². The van der Waals surface area contributed by atoms with Gasteiger partial charge in [-0.2, -0.15) is 0 Å². The van der Waals surface area contributed by atoms with Crippen molar-refractivity contribution in [3.63, 3.8) is 0 Å². The maximum atomic E-state index is 11.2. The van der Waals surface area contributed by atoms with Gasteiger partial charge in [0, 0.05) is 6.26 Å². The van der Waals surface area contributed by atoms with Gasteiger partial charge in [0.2, 0.25) is 0 Å². The lowest BCUT2D eigenvalue weighted by molar-refractivity contribution is -0.142. The van der Waals surface area contributed by atoms with E-state index >= 15 is 0 Å². The molecule has 0 bridgehead atoms. The van der Waals surface area contributed by atoms with Crippen LogP contribution in [0.5, 0.6) is 0 Å². The van der Waals surface area contributed by atoms with Gasteiger partial charge >= 0.3 is 5.97 Å². The van der Waals surface area contributed by atoms with Gasteiger partial charge in [0.05, 0.1) is 12.0 Å². The van der Waals surface area contributed by atoms with Crippen LogP contribution in [0.2, 0.25) is 0 Å². The monoisotopic (exact) mass is 243 g/mol. The van der Waals surface area contributed by atoms with Crippen molar-refractivity contribution in [2.24, 2.45) is 5.73 Å². The summed E-state index contributed by atoms with van der Waals surface area (Å²) in [6.07, 6.45) is 1.11. The Bertz CT molecular complexity index is 478. The number of carbonyl (C=O) groups excluding carboxylic acids is 1. The zero-order valence-corrected chi connectivity index (χ0v) is 9.82. The van der Waals surface area contributed by atoms with Gasteiger partial charge in [0.1, 0.15) is 6.04 Å². The molecule has 0 saturated heterocycles. The van der Waals surface area contributed by atoms with Crippen molar-refractivity contribution in [3.05, 3.63) is 29.8 Å². The second-order valence-corrected chi connectivity index (χ2v) is 5.36. The third-order valence-electron chi connectivity index (χ3n) is 2.12. The zero-order valence-electron chi connectivity index (χ0n) is 9.01. The zero-order chi connectivity index (χ0) is 12.3. The predicted molar refractivity (Wildman–Crippen MR) is 58.5 cm³/mol. The summed E-state index contributed by atoms with van der Waals surface area (Å²) in [6, 6.07) is 4.93. The number of ether oxygens (including phenoxy) is 1. The van der Waals surface area contributed by atoms with Crippen molar-refractivity contribution < 1.29 is 17.9 Å². The highest BCUT2D eigenvalue weighted by Crippen LogP contribution is 2.15. The van der Waals surface area contributed by atoms with Gasteiger partial charge in [-0.25, -0.2) is 8.42 Å². The second kappa shape index (κ2) is 4.63. The van der Waals surface area contributed by atoms with E-state index in [1.807, 2.05) is 0 Å². The van der Waals surface area contributed by atoms with Crippen molar-refractivity contribution >= 4 is 15.8 Å². The Balaban J connectivity index is 3.00. The summed E-state index contributed by atoms with van der Waals surface area (Å²) in [5.41, 5.74) is 6.10. The third-order valence-corrected chi connectivity index (χ3v) is 3.25. The summed E-state index contributed by atoms with van der Waals surface area (Å²) in [5.74, 6) is -0.563. The number of benzene rings is 1. The predicted octanol–water partition coefficient (Wildman–Crippen LogP) is 0.263. The standard InChI is InChI=1S/C10H13NO4S/c1-15-10(12)9(11)7-3-5-8(6-4-7)16(2,13)14/h3-6,9H,11H2,1-2H3. The molecule has 0 aliphatic carbocycles. The summed E-state index contributed by atoms with van der Waals surface area (Å²) in [5, 5.41) is 0. The van der Waals surface area contributed by atoms with E-state index in [1.54, 1.807) is 0 Å². The summed E-state index contributed by atoms with van der Waals surface area (Å²) >= 11 is 0. The summed E-state index contributed by atoms with van der Waals surface area (Å²) in [4.78, 5) is 11.3. The Labute approximate surface area is 94.1 Å². The maximum Gasteiger partial charge on any atom is 0.327 e. The first-order valence-electron chi connectivity index (χ1n) is 4.49. The fourth-order valence-corrected chi connectivity index (χ4v) is 1.82. The molecule has 0 aliphatic rings. The molecule has 5 nitrogen and oxygen atoms in total.